The van der Waals surface area contributed by atoms with Crippen molar-refractivity contribution in [2.24, 2.45) is 0 Å². The van der Waals surface area contributed by atoms with Gasteiger partial charge in [0.1, 0.15) is 6.10 Å². The Bertz CT molecular complexity index is 467. The molecule has 1 saturated heterocycles. The summed E-state index contributed by atoms with van der Waals surface area (Å²) in [5, 5.41) is 0. The molecule has 0 aliphatic carbocycles. The van der Waals surface area contributed by atoms with Crippen LogP contribution in [0.5, 0.6) is 0 Å². The molecule has 0 bridgehead atoms. The van der Waals surface area contributed by atoms with E-state index in [9.17, 15) is 4.79 Å². The molecule has 1 aromatic rings. The molecule has 3 rings (SSSR count). The number of ether oxygens (including phenoxy) is 1. The first kappa shape index (κ1) is 11.5. The monoisotopic (exact) mass is 246 g/mol. The van der Waals surface area contributed by atoms with Crippen molar-refractivity contribution in [2.75, 3.05) is 18.9 Å². The predicted molar refractivity (Wildman–Crippen MR) is 68.9 cm³/mol. The number of rotatable bonds is 1. The summed E-state index contributed by atoms with van der Waals surface area (Å²) in [6, 6.07) is 5.98. The normalized spacial score (nSPS) is 22.9. The summed E-state index contributed by atoms with van der Waals surface area (Å²) < 4.78 is 5.46. The lowest BCUT2D eigenvalue weighted by Crippen LogP contribution is -2.42. The van der Waals surface area contributed by atoms with Crippen LogP contribution < -0.4 is 5.73 Å². The summed E-state index contributed by atoms with van der Waals surface area (Å²) in [4.78, 5) is 14.2. The number of hydrogen-bond acceptors (Lipinski definition) is 3. The Labute approximate surface area is 107 Å². The molecule has 2 N–H and O–H groups in total. The van der Waals surface area contributed by atoms with Gasteiger partial charge in [-0.1, -0.05) is 12.1 Å². The van der Waals surface area contributed by atoms with Crippen LogP contribution in [-0.4, -0.2) is 30.1 Å². The van der Waals surface area contributed by atoms with Crippen LogP contribution in [-0.2, 0) is 22.5 Å². The van der Waals surface area contributed by atoms with E-state index in [1.54, 1.807) is 0 Å². The summed E-state index contributed by atoms with van der Waals surface area (Å²) in [6.07, 6.45) is 2.50. The third kappa shape index (κ3) is 1.97. The summed E-state index contributed by atoms with van der Waals surface area (Å²) in [7, 11) is 0. The summed E-state index contributed by atoms with van der Waals surface area (Å²) in [6.45, 7) is 2.11. The maximum atomic E-state index is 12.3. The number of nitrogens with two attached hydrogens (primary N) is 1. The van der Waals surface area contributed by atoms with Crippen LogP contribution in [0.4, 0.5) is 5.69 Å². The molecule has 2 aliphatic rings. The van der Waals surface area contributed by atoms with Gasteiger partial charge >= 0.3 is 0 Å². The minimum Gasteiger partial charge on any atom is -0.398 e. The van der Waals surface area contributed by atoms with Crippen molar-refractivity contribution in [3.63, 3.8) is 0 Å². The highest BCUT2D eigenvalue weighted by atomic mass is 16.5. The second-order valence-electron chi connectivity index (χ2n) is 5.00. The fourth-order valence-electron chi connectivity index (χ4n) is 2.77. The van der Waals surface area contributed by atoms with E-state index in [1.807, 2.05) is 17.0 Å². The number of nitrogen functional groups attached to an aromatic ring is 1. The van der Waals surface area contributed by atoms with E-state index in [1.165, 1.54) is 5.56 Å². The first-order valence-corrected chi connectivity index (χ1v) is 6.52. The highest BCUT2D eigenvalue weighted by Gasteiger charge is 2.30. The fraction of sp³-hybridized carbons (Fsp3) is 0.500. The Morgan fingerprint density at radius 2 is 2.33 bits per heavy atom. The van der Waals surface area contributed by atoms with Crippen molar-refractivity contribution in [3.8, 4) is 0 Å². The zero-order valence-corrected chi connectivity index (χ0v) is 10.4. The molecular formula is C14H18N2O2. The van der Waals surface area contributed by atoms with Crippen molar-refractivity contribution in [3.05, 3.63) is 29.3 Å². The van der Waals surface area contributed by atoms with Crippen molar-refractivity contribution in [1.82, 2.24) is 4.90 Å². The number of amides is 1. The van der Waals surface area contributed by atoms with Crippen molar-refractivity contribution >= 4 is 11.6 Å². The molecule has 1 atom stereocenters. The van der Waals surface area contributed by atoms with Crippen molar-refractivity contribution < 1.29 is 9.53 Å². The molecule has 1 aromatic carbocycles. The van der Waals surface area contributed by atoms with Crippen LogP contribution in [0, 0.1) is 0 Å². The maximum Gasteiger partial charge on any atom is 0.252 e. The molecule has 1 fully saturated rings. The van der Waals surface area contributed by atoms with Crippen molar-refractivity contribution in [1.29, 1.82) is 0 Å². The second kappa shape index (κ2) is 4.61. The Kier molecular flexibility index (Phi) is 2.96. The second-order valence-corrected chi connectivity index (χ2v) is 5.00. The summed E-state index contributed by atoms with van der Waals surface area (Å²) in [5.41, 5.74) is 9.15. The minimum atomic E-state index is -0.225. The zero-order valence-electron chi connectivity index (χ0n) is 10.4. The number of anilines is 1. The molecule has 4 heteroatoms. The first-order chi connectivity index (χ1) is 8.75. The molecule has 1 amide bonds. The van der Waals surface area contributed by atoms with Gasteiger partial charge in [-0.25, -0.2) is 0 Å². The highest BCUT2D eigenvalue weighted by molar-refractivity contribution is 5.81. The lowest BCUT2D eigenvalue weighted by Gasteiger charge is -2.31. The molecule has 4 nitrogen and oxygen atoms in total. The molecule has 2 heterocycles. The fourth-order valence-corrected chi connectivity index (χ4v) is 2.77. The third-order valence-electron chi connectivity index (χ3n) is 3.83. The molecule has 0 aromatic heterocycles. The van der Waals surface area contributed by atoms with Gasteiger partial charge in [0.15, 0.2) is 0 Å². The lowest BCUT2D eigenvalue weighted by molar-refractivity contribution is -0.141. The maximum absolute atomic E-state index is 12.3. The number of fused-ring (bicyclic) bond motifs is 1. The largest absolute Gasteiger partial charge is 0.398 e. The molecular weight excluding hydrogens is 228 g/mol. The van der Waals surface area contributed by atoms with Crippen molar-refractivity contribution in [2.45, 2.75) is 31.9 Å². The van der Waals surface area contributed by atoms with E-state index in [4.69, 9.17) is 10.5 Å². The van der Waals surface area contributed by atoms with E-state index < -0.39 is 0 Å². The minimum absolute atomic E-state index is 0.126. The van der Waals surface area contributed by atoms with Gasteiger partial charge in [0.05, 0.1) is 0 Å². The van der Waals surface area contributed by atoms with Gasteiger partial charge < -0.3 is 15.4 Å². The Hall–Kier alpha value is -1.55. The molecule has 18 heavy (non-hydrogen) atoms. The number of carbonyl (C=O) groups is 1. The summed E-state index contributed by atoms with van der Waals surface area (Å²) >= 11 is 0. The van der Waals surface area contributed by atoms with Gasteiger partial charge in [-0.15, -0.1) is 0 Å². The van der Waals surface area contributed by atoms with Crippen LogP contribution in [0.25, 0.3) is 0 Å². The number of benzene rings is 1. The van der Waals surface area contributed by atoms with E-state index >= 15 is 0 Å². The Balaban J connectivity index is 1.78. The average Bonchev–Trinajstić information content (AvgIpc) is 2.92. The number of hydrogen-bond donors (Lipinski definition) is 1. The molecule has 0 radical (unpaired) electrons. The molecule has 0 unspecified atom stereocenters. The Morgan fingerprint density at radius 1 is 1.44 bits per heavy atom. The van der Waals surface area contributed by atoms with E-state index in [0.29, 0.717) is 13.2 Å². The molecule has 2 aliphatic heterocycles. The molecule has 0 saturated carbocycles. The van der Waals surface area contributed by atoms with Gasteiger partial charge in [0.2, 0.25) is 0 Å². The van der Waals surface area contributed by atoms with Gasteiger partial charge in [-0.3, -0.25) is 4.79 Å². The van der Waals surface area contributed by atoms with E-state index in [0.717, 1.165) is 37.1 Å². The highest BCUT2D eigenvalue weighted by Crippen LogP contribution is 2.26. The van der Waals surface area contributed by atoms with Gasteiger partial charge in [-0.05, 0) is 36.5 Å². The van der Waals surface area contributed by atoms with E-state index in [2.05, 4.69) is 6.07 Å². The average molecular weight is 246 g/mol. The van der Waals surface area contributed by atoms with E-state index in [-0.39, 0.29) is 12.0 Å². The van der Waals surface area contributed by atoms with Gasteiger partial charge in [0.25, 0.3) is 5.91 Å². The topological polar surface area (TPSA) is 55.6 Å². The SMILES string of the molecule is Nc1cccc2c1CN(C(=O)[C@H]1CCCO1)CC2. The predicted octanol–water partition coefficient (Wildman–Crippen LogP) is 1.33. The lowest BCUT2D eigenvalue weighted by atomic mass is 9.97. The quantitative estimate of drug-likeness (QED) is 0.761. The van der Waals surface area contributed by atoms with Crippen LogP contribution in [0.3, 0.4) is 0 Å². The standard InChI is InChI=1S/C14H18N2O2/c15-12-4-1-3-10-6-7-16(9-11(10)12)14(17)13-5-2-8-18-13/h1,3-4,13H,2,5-9,15H2/t13-/m1/s1. The molecule has 96 valence electrons. The Morgan fingerprint density at radius 3 is 3.11 bits per heavy atom. The third-order valence-corrected chi connectivity index (χ3v) is 3.83. The smallest absolute Gasteiger partial charge is 0.252 e. The van der Waals surface area contributed by atoms with Crippen LogP contribution in [0.15, 0.2) is 18.2 Å². The number of nitrogens with zero attached hydrogens (tertiary/aromatic N) is 1. The number of carbonyl (C=O) groups excluding carboxylic acids is 1. The van der Waals surface area contributed by atoms with Gasteiger partial charge in [0, 0.05) is 25.4 Å². The zero-order chi connectivity index (χ0) is 12.5. The summed E-state index contributed by atoms with van der Waals surface area (Å²) in [5.74, 6) is 0.126. The first-order valence-electron chi connectivity index (χ1n) is 6.52. The molecule has 0 spiro atoms. The van der Waals surface area contributed by atoms with Crippen LogP contribution >= 0.6 is 0 Å². The van der Waals surface area contributed by atoms with Gasteiger partial charge in [-0.2, -0.15) is 0 Å². The van der Waals surface area contributed by atoms with Crippen LogP contribution in [0.1, 0.15) is 24.0 Å². The van der Waals surface area contributed by atoms with Crippen LogP contribution in [0.2, 0.25) is 0 Å².